The van der Waals surface area contributed by atoms with Gasteiger partial charge in [0.2, 0.25) is 0 Å². The quantitative estimate of drug-likeness (QED) is 0.347. The largest absolute Gasteiger partial charge is 0.466 e. The molecular weight excluding hydrogens is 542 g/mol. The van der Waals surface area contributed by atoms with Gasteiger partial charge in [-0.25, -0.2) is 28.3 Å². The highest BCUT2D eigenvalue weighted by Crippen LogP contribution is 2.41. The second kappa shape index (κ2) is 11.0. The highest BCUT2D eigenvalue weighted by atomic mass is 35.5. The van der Waals surface area contributed by atoms with Crippen LogP contribution < -0.4 is 5.32 Å². The average Bonchev–Trinajstić information content (AvgIpc) is 3.60. The molecule has 1 aromatic carbocycles. The van der Waals surface area contributed by atoms with Gasteiger partial charge in [-0.3, -0.25) is 4.99 Å². The summed E-state index contributed by atoms with van der Waals surface area (Å²) in [6.07, 6.45) is 2.89. The molecule has 3 aromatic rings. The van der Waals surface area contributed by atoms with Crippen LogP contribution in [0.25, 0.3) is 0 Å². The number of aryl methyl sites for hydroxylation is 1. The number of rotatable bonds is 5. The molecule has 5 rings (SSSR count). The lowest BCUT2D eigenvalue weighted by Crippen LogP contribution is -2.38. The maximum Gasteiger partial charge on any atom is 0.394 e. The molecule has 2 aromatic heterocycles. The van der Waals surface area contributed by atoms with Crippen molar-refractivity contribution in [1.82, 2.24) is 15.3 Å². The van der Waals surface area contributed by atoms with Crippen molar-refractivity contribution < 1.29 is 32.3 Å². The molecule has 0 fully saturated rings. The SMILES string of the molecule is C.COC(=O)C1=C(C2CCc3nc(C(=O)OC)oc3C2)NC(c2nccs2)=NC1c1ccc(F)c(F)c1Cl. The van der Waals surface area contributed by atoms with E-state index in [1.54, 1.807) is 11.6 Å². The van der Waals surface area contributed by atoms with Gasteiger partial charge in [0, 0.05) is 35.2 Å². The highest BCUT2D eigenvalue weighted by Gasteiger charge is 2.39. The minimum Gasteiger partial charge on any atom is -0.466 e. The number of ether oxygens (including phenoxy) is 2. The summed E-state index contributed by atoms with van der Waals surface area (Å²) in [7, 11) is 2.45. The van der Waals surface area contributed by atoms with E-state index in [1.807, 2.05) is 0 Å². The zero-order valence-corrected chi connectivity index (χ0v) is 21.1. The van der Waals surface area contributed by atoms with Gasteiger partial charge in [-0.15, -0.1) is 11.3 Å². The molecule has 0 amide bonds. The lowest BCUT2D eigenvalue weighted by atomic mass is 9.83. The first-order chi connectivity index (χ1) is 17.8. The predicted molar refractivity (Wildman–Crippen MR) is 135 cm³/mol. The summed E-state index contributed by atoms with van der Waals surface area (Å²) in [4.78, 5) is 38.2. The number of amidine groups is 1. The van der Waals surface area contributed by atoms with E-state index in [-0.39, 0.29) is 30.4 Å². The van der Waals surface area contributed by atoms with Gasteiger partial charge in [-0.1, -0.05) is 25.1 Å². The summed E-state index contributed by atoms with van der Waals surface area (Å²) in [5, 5.41) is 5.01. The van der Waals surface area contributed by atoms with Crippen LogP contribution in [0.1, 0.15) is 52.6 Å². The Morgan fingerprint density at radius 3 is 2.66 bits per heavy atom. The molecule has 38 heavy (non-hydrogen) atoms. The zero-order valence-electron chi connectivity index (χ0n) is 19.5. The molecule has 3 heterocycles. The predicted octanol–water partition coefficient (Wildman–Crippen LogP) is 4.81. The summed E-state index contributed by atoms with van der Waals surface area (Å²) in [6.45, 7) is 0. The van der Waals surface area contributed by atoms with Crippen LogP contribution in [0.15, 0.2) is 44.4 Å². The monoisotopic (exact) mass is 564 g/mol. The summed E-state index contributed by atoms with van der Waals surface area (Å²) in [6, 6.07) is 1.12. The van der Waals surface area contributed by atoms with Gasteiger partial charge < -0.3 is 19.2 Å². The van der Waals surface area contributed by atoms with Gasteiger partial charge in [-0.2, -0.15) is 0 Å². The number of allylic oxidation sites excluding steroid dienone is 1. The number of hydrogen-bond donors (Lipinski definition) is 1. The van der Waals surface area contributed by atoms with Crippen molar-refractivity contribution in [2.75, 3.05) is 14.2 Å². The zero-order chi connectivity index (χ0) is 26.3. The highest BCUT2D eigenvalue weighted by molar-refractivity contribution is 7.11. The molecular formula is C25H23ClF2N4O5S. The lowest BCUT2D eigenvalue weighted by molar-refractivity contribution is -0.136. The number of carbonyl (C=O) groups is 2. The summed E-state index contributed by atoms with van der Waals surface area (Å²) in [5.41, 5.74) is 1.27. The normalized spacial score (nSPS) is 18.6. The number of esters is 2. The van der Waals surface area contributed by atoms with E-state index < -0.39 is 34.6 Å². The minimum absolute atomic E-state index is 0. The van der Waals surface area contributed by atoms with Gasteiger partial charge in [-0.05, 0) is 18.9 Å². The Balaban J connectivity index is 0.00000336. The third-order valence-corrected chi connectivity index (χ3v) is 7.35. The van der Waals surface area contributed by atoms with E-state index in [9.17, 15) is 18.4 Å². The van der Waals surface area contributed by atoms with Gasteiger partial charge in [0.25, 0.3) is 0 Å². The first-order valence-corrected chi connectivity index (χ1v) is 12.4. The molecule has 1 aliphatic heterocycles. The number of nitrogens with zero attached hydrogens (tertiary/aromatic N) is 3. The Hall–Kier alpha value is -3.64. The van der Waals surface area contributed by atoms with Crippen molar-refractivity contribution in [2.45, 2.75) is 32.7 Å². The summed E-state index contributed by atoms with van der Waals surface area (Å²) in [5.74, 6) is -3.43. The van der Waals surface area contributed by atoms with Crippen molar-refractivity contribution in [3.8, 4) is 0 Å². The van der Waals surface area contributed by atoms with E-state index in [4.69, 9.17) is 25.5 Å². The van der Waals surface area contributed by atoms with Crippen LogP contribution in [-0.2, 0) is 27.1 Å². The smallest absolute Gasteiger partial charge is 0.394 e. The number of oxazole rings is 1. The molecule has 1 aliphatic carbocycles. The van der Waals surface area contributed by atoms with E-state index in [2.05, 4.69) is 20.3 Å². The van der Waals surface area contributed by atoms with Crippen molar-refractivity contribution in [1.29, 1.82) is 0 Å². The number of carbonyl (C=O) groups excluding carboxylic acids is 2. The van der Waals surface area contributed by atoms with Gasteiger partial charge in [0.05, 0.1) is 30.5 Å². The molecule has 1 N–H and O–H groups in total. The Morgan fingerprint density at radius 1 is 1.21 bits per heavy atom. The van der Waals surface area contributed by atoms with Crippen LogP contribution in [-0.4, -0.2) is 42.0 Å². The van der Waals surface area contributed by atoms with Gasteiger partial charge in [0.1, 0.15) is 11.8 Å². The number of fused-ring (bicyclic) bond motifs is 1. The molecule has 0 saturated heterocycles. The second-order valence-electron chi connectivity index (χ2n) is 8.25. The number of hydrogen-bond acceptors (Lipinski definition) is 10. The minimum atomic E-state index is -1.24. The lowest BCUT2D eigenvalue weighted by Gasteiger charge is -2.32. The van der Waals surface area contributed by atoms with Crippen molar-refractivity contribution in [3.63, 3.8) is 0 Å². The standard InChI is InChI=1S/C24H19ClF2N4O5S.CH4/c1-34-23(32)15-18(10-3-6-13-14(9-10)36-21(29-13)24(33)35-2)30-20(22-28-7-8-37-22)31-19(15)11-4-5-12(26)17(27)16(11)25;/h4-5,7-8,10,19H,3,6,9H2,1-2H3,(H,30,31);1H4. The third-order valence-electron chi connectivity index (χ3n) is 6.18. The van der Waals surface area contributed by atoms with Gasteiger partial charge in [0.15, 0.2) is 22.5 Å². The van der Waals surface area contributed by atoms with Crippen molar-refractivity contribution in [3.05, 3.63) is 79.6 Å². The molecule has 9 nitrogen and oxygen atoms in total. The molecule has 0 saturated carbocycles. The molecule has 0 spiro atoms. The number of methoxy groups -OCH3 is 2. The first-order valence-electron chi connectivity index (χ1n) is 11.1. The second-order valence-corrected chi connectivity index (χ2v) is 9.52. The van der Waals surface area contributed by atoms with Crippen LogP contribution in [0.3, 0.4) is 0 Å². The van der Waals surface area contributed by atoms with Crippen LogP contribution in [0, 0.1) is 17.6 Å². The first kappa shape index (κ1) is 27.4. The Bertz CT molecular complexity index is 1450. The fourth-order valence-electron chi connectivity index (χ4n) is 4.44. The number of aromatic nitrogens is 2. The third kappa shape index (κ3) is 4.81. The fraction of sp³-hybridized carbons (Fsp3) is 0.320. The Labute approximate surface area is 225 Å². The average molecular weight is 565 g/mol. The number of nitrogens with one attached hydrogen (secondary N) is 1. The van der Waals surface area contributed by atoms with Crippen LogP contribution in [0.5, 0.6) is 0 Å². The van der Waals surface area contributed by atoms with E-state index in [1.165, 1.54) is 31.6 Å². The van der Waals surface area contributed by atoms with Gasteiger partial charge >= 0.3 is 17.8 Å². The number of benzene rings is 1. The topological polar surface area (TPSA) is 116 Å². The van der Waals surface area contributed by atoms with E-state index in [0.29, 0.717) is 47.3 Å². The Kier molecular flexibility index (Phi) is 7.93. The van der Waals surface area contributed by atoms with Crippen LogP contribution in [0.2, 0.25) is 5.02 Å². The molecule has 13 heteroatoms. The van der Waals surface area contributed by atoms with Crippen molar-refractivity contribution >= 4 is 40.7 Å². The number of aliphatic imine (C=N–C) groups is 1. The van der Waals surface area contributed by atoms with Crippen LogP contribution in [0.4, 0.5) is 8.78 Å². The van der Waals surface area contributed by atoms with Crippen molar-refractivity contribution in [2.24, 2.45) is 10.9 Å². The molecule has 2 unspecified atom stereocenters. The number of halogens is 3. The number of thiazole rings is 1. The molecule has 2 aliphatic rings. The Morgan fingerprint density at radius 2 is 1.97 bits per heavy atom. The molecule has 0 radical (unpaired) electrons. The molecule has 0 bridgehead atoms. The summed E-state index contributed by atoms with van der Waals surface area (Å²) >= 11 is 7.51. The molecule has 2 atom stereocenters. The maximum absolute atomic E-state index is 14.5. The fourth-order valence-corrected chi connectivity index (χ4v) is 5.29. The maximum atomic E-state index is 14.5. The van der Waals surface area contributed by atoms with E-state index in [0.717, 1.165) is 6.07 Å². The van der Waals surface area contributed by atoms with Crippen LogP contribution >= 0.6 is 22.9 Å². The summed E-state index contributed by atoms with van der Waals surface area (Å²) < 4.78 is 43.8. The van der Waals surface area contributed by atoms with E-state index >= 15 is 0 Å². The molecule has 200 valence electrons.